The Morgan fingerprint density at radius 1 is 1.47 bits per heavy atom. The summed E-state index contributed by atoms with van der Waals surface area (Å²) in [6.07, 6.45) is 4.49. The van der Waals surface area contributed by atoms with E-state index in [1.54, 1.807) is 11.3 Å². The van der Waals surface area contributed by atoms with Crippen LogP contribution in [0.3, 0.4) is 0 Å². The Hall–Kier alpha value is -0.520. The molecule has 104 valence electrons. The van der Waals surface area contributed by atoms with Crippen LogP contribution < -0.4 is 5.73 Å². The van der Waals surface area contributed by atoms with Crippen molar-refractivity contribution in [3.05, 3.63) is 21.4 Å². The third kappa shape index (κ3) is 2.69. The molecule has 0 radical (unpaired) electrons. The van der Waals surface area contributed by atoms with Crippen LogP contribution in [0.1, 0.15) is 39.4 Å². The molecular weight excluding hydrogens is 276 g/mol. The van der Waals surface area contributed by atoms with Crippen LogP contribution in [0.2, 0.25) is 0 Å². The summed E-state index contributed by atoms with van der Waals surface area (Å²) in [5.74, 6) is 2.47. The Bertz CT molecular complexity index is 449. The summed E-state index contributed by atoms with van der Waals surface area (Å²) in [6, 6.07) is 2.37. The Kier molecular flexibility index (Phi) is 4.15. The number of thiophene rings is 1. The van der Waals surface area contributed by atoms with Crippen LogP contribution in [0.25, 0.3) is 0 Å². The maximum Gasteiger partial charge on any atom is 0.264 e. The Morgan fingerprint density at radius 2 is 2.37 bits per heavy atom. The quantitative estimate of drug-likeness (QED) is 0.912. The average molecular weight is 296 g/mol. The van der Waals surface area contributed by atoms with Crippen LogP contribution in [0, 0.1) is 0 Å². The smallest absolute Gasteiger partial charge is 0.264 e. The van der Waals surface area contributed by atoms with E-state index in [0.29, 0.717) is 6.54 Å². The van der Waals surface area contributed by atoms with Crippen molar-refractivity contribution < 1.29 is 4.79 Å². The molecule has 1 atom stereocenters. The first-order chi connectivity index (χ1) is 9.29. The number of likely N-dealkylation sites (tertiary alicyclic amines) is 1. The highest BCUT2D eigenvalue weighted by molar-refractivity contribution is 7.98. The average Bonchev–Trinajstić information content (AvgIpc) is 2.90. The zero-order valence-electron chi connectivity index (χ0n) is 11.1. The third-order valence-corrected chi connectivity index (χ3v) is 6.23. The second-order valence-electron chi connectivity index (χ2n) is 5.25. The molecule has 0 saturated carbocycles. The number of piperidine rings is 1. The number of nitrogens with zero attached hydrogens (tertiary/aromatic N) is 1. The van der Waals surface area contributed by atoms with Gasteiger partial charge in [-0.05, 0) is 43.1 Å². The molecule has 3 heterocycles. The first-order valence-corrected chi connectivity index (χ1v) is 8.97. The molecule has 2 aliphatic rings. The molecule has 1 unspecified atom stereocenters. The van der Waals surface area contributed by atoms with Crippen molar-refractivity contribution in [1.82, 2.24) is 4.90 Å². The minimum atomic E-state index is 0.208. The predicted octanol–water partition coefficient (Wildman–Crippen LogP) is 2.49. The molecule has 1 aromatic heterocycles. The fourth-order valence-electron chi connectivity index (χ4n) is 2.91. The van der Waals surface area contributed by atoms with Crippen LogP contribution in [-0.2, 0) is 12.2 Å². The van der Waals surface area contributed by atoms with E-state index < -0.39 is 0 Å². The van der Waals surface area contributed by atoms with Crippen LogP contribution in [0.4, 0.5) is 0 Å². The number of amides is 1. The second kappa shape index (κ2) is 5.85. The largest absolute Gasteiger partial charge is 0.334 e. The van der Waals surface area contributed by atoms with Crippen molar-refractivity contribution in [2.24, 2.45) is 5.73 Å². The predicted molar refractivity (Wildman–Crippen MR) is 81.9 cm³/mol. The number of carbonyl (C=O) groups is 1. The number of rotatable bonds is 2. The molecule has 19 heavy (non-hydrogen) atoms. The first kappa shape index (κ1) is 13.5. The van der Waals surface area contributed by atoms with Crippen molar-refractivity contribution in [3.63, 3.8) is 0 Å². The number of thioether (sulfide) groups is 1. The van der Waals surface area contributed by atoms with Crippen LogP contribution in [-0.4, -0.2) is 35.7 Å². The molecule has 3 rings (SSSR count). The Balaban J connectivity index is 1.80. The van der Waals surface area contributed by atoms with Gasteiger partial charge in [-0.25, -0.2) is 0 Å². The van der Waals surface area contributed by atoms with E-state index >= 15 is 0 Å². The van der Waals surface area contributed by atoms with E-state index in [-0.39, 0.29) is 11.9 Å². The maximum absolute atomic E-state index is 12.7. The molecular formula is C14H20N2OS2. The molecule has 0 aliphatic carbocycles. The molecule has 1 fully saturated rings. The lowest BCUT2D eigenvalue weighted by Crippen LogP contribution is -2.47. The topological polar surface area (TPSA) is 46.3 Å². The lowest BCUT2D eigenvalue weighted by molar-refractivity contribution is 0.0628. The van der Waals surface area contributed by atoms with Crippen molar-refractivity contribution in [2.45, 2.75) is 37.5 Å². The summed E-state index contributed by atoms with van der Waals surface area (Å²) in [7, 11) is 0. The Morgan fingerprint density at radius 3 is 3.16 bits per heavy atom. The number of hydrogen-bond acceptors (Lipinski definition) is 4. The van der Waals surface area contributed by atoms with Gasteiger partial charge in [0.05, 0.1) is 4.88 Å². The fraction of sp³-hybridized carbons (Fsp3) is 0.643. The van der Waals surface area contributed by atoms with E-state index in [2.05, 4.69) is 6.07 Å². The summed E-state index contributed by atoms with van der Waals surface area (Å²) < 4.78 is 0. The molecule has 2 N–H and O–H groups in total. The lowest BCUT2D eigenvalue weighted by Gasteiger charge is -2.34. The van der Waals surface area contributed by atoms with Gasteiger partial charge in [0.15, 0.2) is 0 Å². The second-order valence-corrected chi connectivity index (χ2v) is 7.49. The first-order valence-electron chi connectivity index (χ1n) is 7.00. The molecule has 0 spiro atoms. The molecule has 1 saturated heterocycles. The monoisotopic (exact) mass is 296 g/mol. The van der Waals surface area contributed by atoms with Crippen molar-refractivity contribution in [2.75, 3.05) is 18.8 Å². The third-order valence-electron chi connectivity index (χ3n) is 4.00. The SMILES string of the molecule is NCC1CCCCN1C(=O)c1cc2c(s1)CCSC2. The highest BCUT2D eigenvalue weighted by Gasteiger charge is 2.28. The normalized spacial score (nSPS) is 23.2. The minimum Gasteiger partial charge on any atom is -0.334 e. The molecule has 0 bridgehead atoms. The van der Waals surface area contributed by atoms with E-state index in [4.69, 9.17) is 5.73 Å². The number of nitrogens with two attached hydrogens (primary N) is 1. The number of hydrogen-bond donors (Lipinski definition) is 1. The van der Waals surface area contributed by atoms with Crippen molar-refractivity contribution >= 4 is 29.0 Å². The summed E-state index contributed by atoms with van der Waals surface area (Å²) >= 11 is 3.67. The van der Waals surface area contributed by atoms with Gasteiger partial charge in [-0.3, -0.25) is 4.79 Å². The summed E-state index contributed by atoms with van der Waals surface area (Å²) in [5.41, 5.74) is 7.19. The number of fused-ring (bicyclic) bond motifs is 1. The summed E-state index contributed by atoms with van der Waals surface area (Å²) in [4.78, 5) is 17.0. The minimum absolute atomic E-state index is 0.208. The van der Waals surface area contributed by atoms with E-state index in [9.17, 15) is 4.79 Å². The van der Waals surface area contributed by atoms with Gasteiger partial charge in [-0.2, -0.15) is 11.8 Å². The maximum atomic E-state index is 12.7. The van der Waals surface area contributed by atoms with Gasteiger partial charge in [0, 0.05) is 29.8 Å². The fourth-order valence-corrected chi connectivity index (χ4v) is 5.24. The zero-order chi connectivity index (χ0) is 13.2. The highest BCUT2D eigenvalue weighted by atomic mass is 32.2. The number of aryl methyl sites for hydroxylation is 1. The summed E-state index contributed by atoms with van der Waals surface area (Å²) in [5, 5.41) is 0. The highest BCUT2D eigenvalue weighted by Crippen LogP contribution is 2.33. The molecule has 1 aromatic rings. The molecule has 3 nitrogen and oxygen atoms in total. The Labute approximate surface area is 122 Å². The van der Waals surface area contributed by atoms with Crippen molar-refractivity contribution in [3.8, 4) is 0 Å². The van der Waals surface area contributed by atoms with Crippen molar-refractivity contribution in [1.29, 1.82) is 0 Å². The van der Waals surface area contributed by atoms with Gasteiger partial charge < -0.3 is 10.6 Å². The van der Waals surface area contributed by atoms with Gasteiger partial charge in [0.2, 0.25) is 0 Å². The zero-order valence-corrected chi connectivity index (χ0v) is 12.7. The molecule has 0 aromatic carbocycles. The van der Waals surface area contributed by atoms with Gasteiger partial charge in [-0.1, -0.05) is 0 Å². The molecule has 2 aliphatic heterocycles. The summed E-state index contributed by atoms with van der Waals surface area (Å²) in [6.45, 7) is 1.46. The van der Waals surface area contributed by atoms with Gasteiger partial charge in [0.25, 0.3) is 5.91 Å². The van der Waals surface area contributed by atoms with E-state index in [1.165, 1.54) is 22.6 Å². The van der Waals surface area contributed by atoms with Gasteiger partial charge in [-0.15, -0.1) is 11.3 Å². The van der Waals surface area contributed by atoms with Crippen LogP contribution in [0.5, 0.6) is 0 Å². The number of carbonyl (C=O) groups excluding carboxylic acids is 1. The van der Waals surface area contributed by atoms with E-state index in [1.807, 2.05) is 16.7 Å². The van der Waals surface area contributed by atoms with Crippen LogP contribution >= 0.6 is 23.1 Å². The lowest BCUT2D eigenvalue weighted by atomic mass is 10.0. The van der Waals surface area contributed by atoms with Crippen LogP contribution in [0.15, 0.2) is 6.07 Å². The standard InChI is InChI=1S/C14H20N2OS2/c15-8-11-3-1-2-5-16(11)14(17)13-7-10-9-18-6-4-12(10)19-13/h7,11H,1-6,8-9,15H2. The molecule has 5 heteroatoms. The van der Waals surface area contributed by atoms with E-state index in [0.717, 1.165) is 36.4 Å². The van der Waals surface area contributed by atoms with Gasteiger partial charge in [0.1, 0.15) is 0 Å². The molecule has 1 amide bonds. The van der Waals surface area contributed by atoms with Gasteiger partial charge >= 0.3 is 0 Å².